The average Bonchev–Trinajstić information content (AvgIpc) is 2.80. The third-order valence-corrected chi connectivity index (χ3v) is 3.69. The molecule has 1 aromatic rings. The highest BCUT2D eigenvalue weighted by molar-refractivity contribution is 5.39. The molecule has 1 aliphatic heterocycles. The lowest BCUT2D eigenvalue weighted by Gasteiger charge is -2.22. The summed E-state index contributed by atoms with van der Waals surface area (Å²) < 4.78 is 5.62. The quantitative estimate of drug-likeness (QED) is 0.872. The Morgan fingerprint density at radius 1 is 1.24 bits per heavy atom. The normalized spacial score (nSPS) is 22.2. The third kappa shape index (κ3) is 3.72. The van der Waals surface area contributed by atoms with Crippen molar-refractivity contribution in [3.8, 4) is 6.01 Å². The van der Waals surface area contributed by atoms with E-state index in [-0.39, 0.29) is 6.10 Å². The molecule has 2 unspecified atom stereocenters. The molecule has 0 aliphatic carbocycles. The monoisotopic (exact) mass is 294 g/mol. The second-order valence-electron chi connectivity index (χ2n) is 6.07. The number of anilines is 2. The molecule has 1 saturated heterocycles. The van der Waals surface area contributed by atoms with E-state index in [9.17, 15) is 0 Å². The molecule has 2 heterocycles. The minimum atomic E-state index is 0.0389. The van der Waals surface area contributed by atoms with Gasteiger partial charge in [-0.15, -0.1) is 0 Å². The fourth-order valence-corrected chi connectivity index (χ4v) is 2.65. The van der Waals surface area contributed by atoms with Crippen LogP contribution in [-0.4, -0.2) is 66.2 Å². The van der Waals surface area contributed by atoms with Crippen molar-refractivity contribution in [2.24, 2.45) is 5.92 Å². The number of hydrogen-bond donors (Lipinski definition) is 1. The maximum Gasteiger partial charge on any atom is 0.323 e. The number of nitrogens with one attached hydrogen (secondary N) is 1. The van der Waals surface area contributed by atoms with Crippen molar-refractivity contribution >= 4 is 11.9 Å². The molecule has 0 spiro atoms. The molecule has 2 rings (SSSR count). The Labute approximate surface area is 126 Å². The Morgan fingerprint density at radius 2 is 1.95 bits per heavy atom. The number of ether oxygens (including phenoxy) is 1. The molecule has 0 saturated carbocycles. The summed E-state index contributed by atoms with van der Waals surface area (Å²) in [6.45, 7) is 8.04. The molecule has 0 aromatic carbocycles. The van der Waals surface area contributed by atoms with Gasteiger partial charge in [-0.25, -0.2) is 0 Å². The predicted octanol–water partition coefficient (Wildman–Crippen LogP) is 1.09. The predicted molar refractivity (Wildman–Crippen MR) is 84.0 cm³/mol. The van der Waals surface area contributed by atoms with Gasteiger partial charge in [0.05, 0.1) is 6.10 Å². The highest BCUT2D eigenvalue weighted by Crippen LogP contribution is 2.25. The van der Waals surface area contributed by atoms with Crippen LogP contribution in [0.2, 0.25) is 0 Å². The Balaban J connectivity index is 2.23. The van der Waals surface area contributed by atoms with Crippen LogP contribution in [0, 0.1) is 5.92 Å². The fourth-order valence-electron chi connectivity index (χ4n) is 2.65. The minimum Gasteiger partial charge on any atom is -0.461 e. The van der Waals surface area contributed by atoms with Crippen LogP contribution in [0.25, 0.3) is 0 Å². The standard InChI is InChI=1S/C14H26N6O/c1-9(2)21-14-17-12(15-4)16-13(18-14)20-7-10(3)11(8-20)19(5)6/h9-11H,7-8H2,1-6H3,(H,15,16,17,18). The summed E-state index contributed by atoms with van der Waals surface area (Å²) in [5, 5.41) is 2.97. The number of likely N-dealkylation sites (N-methyl/N-ethyl adjacent to an activating group) is 1. The zero-order valence-electron chi connectivity index (χ0n) is 13.8. The molecule has 118 valence electrons. The molecule has 7 nitrogen and oxygen atoms in total. The Kier molecular flexibility index (Phi) is 4.82. The fraction of sp³-hybridized carbons (Fsp3) is 0.786. The lowest BCUT2D eigenvalue weighted by molar-refractivity contribution is 0.222. The van der Waals surface area contributed by atoms with Crippen LogP contribution < -0.4 is 15.0 Å². The summed E-state index contributed by atoms with van der Waals surface area (Å²) in [5.74, 6) is 1.79. The number of rotatable bonds is 5. The maximum absolute atomic E-state index is 5.62. The van der Waals surface area contributed by atoms with Gasteiger partial charge < -0.3 is 19.9 Å². The van der Waals surface area contributed by atoms with Crippen molar-refractivity contribution in [3.63, 3.8) is 0 Å². The zero-order valence-corrected chi connectivity index (χ0v) is 13.8. The number of nitrogens with zero attached hydrogens (tertiary/aromatic N) is 5. The van der Waals surface area contributed by atoms with E-state index in [1.54, 1.807) is 7.05 Å². The molecule has 1 fully saturated rings. The molecule has 2 atom stereocenters. The van der Waals surface area contributed by atoms with Crippen molar-refractivity contribution in [1.82, 2.24) is 19.9 Å². The van der Waals surface area contributed by atoms with Gasteiger partial charge in [-0.05, 0) is 33.9 Å². The molecule has 1 aromatic heterocycles. The molecule has 1 N–H and O–H groups in total. The summed E-state index contributed by atoms with van der Waals surface area (Å²) >= 11 is 0. The summed E-state index contributed by atoms with van der Waals surface area (Å²) in [4.78, 5) is 17.6. The van der Waals surface area contributed by atoms with Crippen molar-refractivity contribution in [2.45, 2.75) is 32.9 Å². The van der Waals surface area contributed by atoms with E-state index in [4.69, 9.17) is 4.74 Å². The molecule has 1 aliphatic rings. The van der Waals surface area contributed by atoms with Gasteiger partial charge in [-0.1, -0.05) is 6.92 Å². The van der Waals surface area contributed by atoms with Crippen LogP contribution in [-0.2, 0) is 0 Å². The molecule has 21 heavy (non-hydrogen) atoms. The number of hydrogen-bond acceptors (Lipinski definition) is 7. The van der Waals surface area contributed by atoms with E-state index in [1.807, 2.05) is 13.8 Å². The van der Waals surface area contributed by atoms with E-state index in [0.29, 0.717) is 29.9 Å². The lowest BCUT2D eigenvalue weighted by Crippen LogP contribution is -2.34. The van der Waals surface area contributed by atoms with Crippen LogP contribution in [0.1, 0.15) is 20.8 Å². The van der Waals surface area contributed by atoms with E-state index in [0.717, 1.165) is 13.1 Å². The summed E-state index contributed by atoms with van der Waals surface area (Å²) in [5.41, 5.74) is 0. The zero-order chi connectivity index (χ0) is 15.6. The first-order valence-corrected chi connectivity index (χ1v) is 7.42. The van der Waals surface area contributed by atoms with Crippen LogP contribution in [0.3, 0.4) is 0 Å². The lowest BCUT2D eigenvalue weighted by atomic mass is 10.1. The van der Waals surface area contributed by atoms with Gasteiger partial charge >= 0.3 is 6.01 Å². The number of aromatic nitrogens is 3. The van der Waals surface area contributed by atoms with Gasteiger partial charge in [-0.2, -0.15) is 15.0 Å². The van der Waals surface area contributed by atoms with Crippen molar-refractivity contribution < 1.29 is 4.74 Å². The minimum absolute atomic E-state index is 0.0389. The van der Waals surface area contributed by atoms with Gasteiger partial charge in [-0.3, -0.25) is 0 Å². The molecule has 0 radical (unpaired) electrons. The van der Waals surface area contributed by atoms with Gasteiger partial charge in [0.1, 0.15) is 0 Å². The summed E-state index contributed by atoms with van der Waals surface area (Å²) in [6, 6.07) is 0.884. The van der Waals surface area contributed by atoms with Gasteiger partial charge in [0.15, 0.2) is 0 Å². The maximum atomic E-state index is 5.62. The van der Waals surface area contributed by atoms with Crippen molar-refractivity contribution in [3.05, 3.63) is 0 Å². The van der Waals surface area contributed by atoms with Gasteiger partial charge in [0, 0.05) is 26.2 Å². The first-order valence-electron chi connectivity index (χ1n) is 7.42. The highest BCUT2D eigenvalue weighted by Gasteiger charge is 2.32. The largest absolute Gasteiger partial charge is 0.461 e. The van der Waals surface area contributed by atoms with Gasteiger partial charge in [0.25, 0.3) is 0 Å². The SMILES string of the molecule is CNc1nc(OC(C)C)nc(N2CC(C)C(N(C)C)C2)n1. The van der Waals surface area contributed by atoms with Crippen LogP contribution >= 0.6 is 0 Å². The first kappa shape index (κ1) is 15.8. The molecule has 7 heteroatoms. The smallest absolute Gasteiger partial charge is 0.323 e. The van der Waals surface area contributed by atoms with Crippen molar-refractivity contribution in [2.75, 3.05) is 44.4 Å². The van der Waals surface area contributed by atoms with E-state index in [1.165, 1.54) is 0 Å². The highest BCUT2D eigenvalue weighted by atomic mass is 16.5. The van der Waals surface area contributed by atoms with E-state index in [2.05, 4.69) is 51.1 Å². The third-order valence-electron chi connectivity index (χ3n) is 3.69. The topological polar surface area (TPSA) is 66.4 Å². The Morgan fingerprint density at radius 3 is 2.48 bits per heavy atom. The van der Waals surface area contributed by atoms with Crippen LogP contribution in [0.5, 0.6) is 6.01 Å². The first-order chi connectivity index (χ1) is 9.90. The Bertz CT molecular complexity index is 479. The van der Waals surface area contributed by atoms with E-state index < -0.39 is 0 Å². The molecular formula is C14H26N6O. The summed E-state index contributed by atoms with van der Waals surface area (Å²) in [6.07, 6.45) is 0.0389. The summed E-state index contributed by atoms with van der Waals surface area (Å²) in [7, 11) is 6.03. The second kappa shape index (κ2) is 6.43. The second-order valence-corrected chi connectivity index (χ2v) is 6.07. The van der Waals surface area contributed by atoms with Gasteiger partial charge in [0.2, 0.25) is 11.9 Å². The molecular weight excluding hydrogens is 268 g/mol. The van der Waals surface area contributed by atoms with E-state index >= 15 is 0 Å². The molecule has 0 bridgehead atoms. The molecule has 0 amide bonds. The van der Waals surface area contributed by atoms with Crippen molar-refractivity contribution in [1.29, 1.82) is 0 Å². The van der Waals surface area contributed by atoms with Crippen LogP contribution in [0.15, 0.2) is 0 Å². The average molecular weight is 294 g/mol. The van der Waals surface area contributed by atoms with Crippen LogP contribution in [0.4, 0.5) is 11.9 Å². The Hall–Kier alpha value is -1.63.